The van der Waals surface area contributed by atoms with Gasteiger partial charge in [0.15, 0.2) is 11.5 Å². The number of hydrogen-bond donors (Lipinski definition) is 2. The predicted octanol–water partition coefficient (Wildman–Crippen LogP) is 1.89. The molecule has 4 nitrogen and oxygen atoms in total. The highest BCUT2D eigenvalue weighted by Gasteiger charge is 2.16. The van der Waals surface area contributed by atoms with E-state index < -0.39 is 0 Å². The van der Waals surface area contributed by atoms with Gasteiger partial charge in [0.1, 0.15) is 10.2 Å². The zero-order valence-electron chi connectivity index (χ0n) is 8.93. The summed E-state index contributed by atoms with van der Waals surface area (Å²) in [5.74, 6) is 1.25. The molecule has 0 aromatic heterocycles. The Kier molecular flexibility index (Phi) is 4.23. The molecule has 1 aromatic rings. The molecular weight excluding hydrogens is 262 g/mol. The van der Waals surface area contributed by atoms with Crippen LogP contribution in [0.4, 0.5) is 0 Å². The van der Waals surface area contributed by atoms with Gasteiger partial charge in [-0.25, -0.2) is 0 Å². The molecule has 0 aliphatic rings. The monoisotopic (exact) mass is 275 g/mol. The normalized spacial score (nSPS) is 10.1. The van der Waals surface area contributed by atoms with Gasteiger partial charge in [-0.1, -0.05) is 0 Å². The van der Waals surface area contributed by atoms with Crippen molar-refractivity contribution in [3.63, 3.8) is 0 Å². The molecule has 0 radical (unpaired) electrons. The van der Waals surface area contributed by atoms with Gasteiger partial charge in [0, 0.05) is 12.1 Å². The van der Waals surface area contributed by atoms with Crippen LogP contribution in [0.15, 0.2) is 10.5 Å². The maximum Gasteiger partial charge on any atom is 0.178 e. The zero-order valence-corrected chi connectivity index (χ0v) is 10.5. The summed E-state index contributed by atoms with van der Waals surface area (Å²) < 4.78 is 10.8. The van der Waals surface area contributed by atoms with Gasteiger partial charge < -0.3 is 19.9 Å². The summed E-state index contributed by atoms with van der Waals surface area (Å²) >= 11 is 3.27. The molecule has 1 rings (SSSR count). The van der Waals surface area contributed by atoms with E-state index in [2.05, 4.69) is 21.2 Å². The molecule has 0 unspecified atom stereocenters. The number of hydrogen-bond acceptors (Lipinski definition) is 4. The van der Waals surface area contributed by atoms with Crippen LogP contribution in [0.25, 0.3) is 0 Å². The van der Waals surface area contributed by atoms with Crippen molar-refractivity contribution in [2.45, 2.75) is 6.54 Å². The van der Waals surface area contributed by atoms with Crippen molar-refractivity contribution < 1.29 is 14.6 Å². The molecule has 2 N–H and O–H groups in total. The minimum Gasteiger partial charge on any atom is -0.506 e. The Labute approximate surface area is 97.3 Å². The van der Waals surface area contributed by atoms with Gasteiger partial charge in [-0.3, -0.25) is 0 Å². The molecule has 0 atom stereocenters. The smallest absolute Gasteiger partial charge is 0.178 e. The largest absolute Gasteiger partial charge is 0.506 e. The van der Waals surface area contributed by atoms with E-state index in [-0.39, 0.29) is 5.75 Å². The van der Waals surface area contributed by atoms with Crippen LogP contribution in [0.2, 0.25) is 0 Å². The highest BCUT2D eigenvalue weighted by atomic mass is 79.9. The fourth-order valence-corrected chi connectivity index (χ4v) is 1.93. The summed E-state index contributed by atoms with van der Waals surface area (Å²) in [6.07, 6.45) is 0. The first kappa shape index (κ1) is 12.1. The fourth-order valence-electron chi connectivity index (χ4n) is 1.32. The molecule has 0 saturated heterocycles. The third-order valence-electron chi connectivity index (χ3n) is 2.03. The summed E-state index contributed by atoms with van der Waals surface area (Å²) in [5.41, 5.74) is 0.752. The van der Waals surface area contributed by atoms with Gasteiger partial charge in [0.25, 0.3) is 0 Å². The average Bonchev–Trinajstić information content (AvgIpc) is 2.24. The lowest BCUT2D eigenvalue weighted by molar-refractivity contribution is 0.347. The van der Waals surface area contributed by atoms with Gasteiger partial charge in [0.05, 0.1) is 14.2 Å². The van der Waals surface area contributed by atoms with Crippen LogP contribution in [0.3, 0.4) is 0 Å². The van der Waals surface area contributed by atoms with Crippen LogP contribution >= 0.6 is 15.9 Å². The van der Waals surface area contributed by atoms with Crippen molar-refractivity contribution in [2.24, 2.45) is 0 Å². The Morgan fingerprint density at radius 2 is 2.07 bits per heavy atom. The Morgan fingerprint density at radius 1 is 1.40 bits per heavy atom. The van der Waals surface area contributed by atoms with Crippen molar-refractivity contribution >= 4 is 15.9 Å². The van der Waals surface area contributed by atoms with E-state index in [1.54, 1.807) is 13.2 Å². The maximum absolute atomic E-state index is 9.84. The van der Waals surface area contributed by atoms with E-state index in [1.165, 1.54) is 7.11 Å². The number of ether oxygens (including phenoxy) is 2. The zero-order chi connectivity index (χ0) is 11.4. The minimum atomic E-state index is 0.169. The average molecular weight is 276 g/mol. The van der Waals surface area contributed by atoms with Gasteiger partial charge in [-0.15, -0.1) is 0 Å². The second kappa shape index (κ2) is 5.23. The van der Waals surface area contributed by atoms with E-state index in [4.69, 9.17) is 9.47 Å². The number of phenolic OH excluding ortho intramolecular Hbond substituents is 1. The van der Waals surface area contributed by atoms with E-state index in [9.17, 15) is 5.11 Å². The van der Waals surface area contributed by atoms with E-state index in [0.29, 0.717) is 22.5 Å². The highest BCUT2D eigenvalue weighted by Crippen LogP contribution is 2.43. The standard InChI is InChI=1S/C10H14BrNO3/c1-12-5-6-4-7(14-2)10(15-3)8(11)9(6)13/h4,12-13H,5H2,1-3H3. The lowest BCUT2D eigenvalue weighted by atomic mass is 10.1. The molecule has 0 aliphatic carbocycles. The third kappa shape index (κ3) is 2.35. The van der Waals surface area contributed by atoms with E-state index in [0.717, 1.165) is 5.56 Å². The molecule has 15 heavy (non-hydrogen) atoms. The number of methoxy groups -OCH3 is 2. The first-order valence-corrected chi connectivity index (χ1v) is 5.21. The molecule has 0 heterocycles. The SMILES string of the molecule is CNCc1cc(OC)c(OC)c(Br)c1O. The lowest BCUT2D eigenvalue weighted by Crippen LogP contribution is -2.06. The van der Waals surface area contributed by atoms with Crippen molar-refractivity contribution in [2.75, 3.05) is 21.3 Å². The van der Waals surface area contributed by atoms with Crippen molar-refractivity contribution in [1.82, 2.24) is 5.32 Å². The predicted molar refractivity (Wildman–Crippen MR) is 61.7 cm³/mol. The number of nitrogens with one attached hydrogen (secondary N) is 1. The summed E-state index contributed by atoms with van der Waals surface area (Å²) in [7, 11) is 4.90. The molecule has 1 aromatic carbocycles. The van der Waals surface area contributed by atoms with Crippen molar-refractivity contribution in [3.8, 4) is 17.2 Å². The molecule has 0 fully saturated rings. The van der Waals surface area contributed by atoms with Crippen molar-refractivity contribution in [1.29, 1.82) is 0 Å². The summed E-state index contributed by atoms with van der Waals surface area (Å²) in [4.78, 5) is 0. The molecule has 0 bridgehead atoms. The molecule has 5 heteroatoms. The number of benzene rings is 1. The number of halogens is 1. The molecular formula is C10H14BrNO3. The van der Waals surface area contributed by atoms with Gasteiger partial charge in [-0.05, 0) is 29.0 Å². The minimum absolute atomic E-state index is 0.169. The topological polar surface area (TPSA) is 50.7 Å². The Bertz CT molecular complexity index is 355. The van der Waals surface area contributed by atoms with Crippen LogP contribution in [0.1, 0.15) is 5.56 Å². The second-order valence-corrected chi connectivity index (χ2v) is 3.76. The van der Waals surface area contributed by atoms with Gasteiger partial charge >= 0.3 is 0 Å². The lowest BCUT2D eigenvalue weighted by Gasteiger charge is -2.14. The first-order valence-electron chi connectivity index (χ1n) is 4.42. The van der Waals surface area contributed by atoms with E-state index >= 15 is 0 Å². The Balaban J connectivity index is 3.29. The molecule has 84 valence electrons. The fraction of sp³-hybridized carbons (Fsp3) is 0.400. The number of aromatic hydroxyl groups is 1. The number of rotatable bonds is 4. The Hall–Kier alpha value is -0.940. The summed E-state index contributed by atoms with van der Waals surface area (Å²) in [5, 5.41) is 12.8. The van der Waals surface area contributed by atoms with Gasteiger partial charge in [-0.2, -0.15) is 0 Å². The van der Waals surface area contributed by atoms with Crippen LogP contribution < -0.4 is 14.8 Å². The Morgan fingerprint density at radius 3 is 2.53 bits per heavy atom. The number of phenols is 1. The third-order valence-corrected chi connectivity index (χ3v) is 2.77. The van der Waals surface area contributed by atoms with Crippen LogP contribution in [0, 0.1) is 0 Å². The molecule has 0 aliphatic heterocycles. The highest BCUT2D eigenvalue weighted by molar-refractivity contribution is 9.10. The van der Waals surface area contributed by atoms with Crippen molar-refractivity contribution in [3.05, 3.63) is 16.1 Å². The van der Waals surface area contributed by atoms with Crippen LogP contribution in [0.5, 0.6) is 17.2 Å². The van der Waals surface area contributed by atoms with Crippen LogP contribution in [-0.2, 0) is 6.54 Å². The van der Waals surface area contributed by atoms with E-state index in [1.807, 2.05) is 7.05 Å². The summed E-state index contributed by atoms with van der Waals surface area (Å²) in [6, 6.07) is 1.75. The molecule has 0 saturated carbocycles. The first-order chi connectivity index (χ1) is 7.15. The molecule has 0 spiro atoms. The van der Waals surface area contributed by atoms with Gasteiger partial charge in [0.2, 0.25) is 0 Å². The maximum atomic E-state index is 9.84. The quantitative estimate of drug-likeness (QED) is 0.881. The summed E-state index contributed by atoms with van der Waals surface area (Å²) in [6.45, 7) is 0.560. The second-order valence-electron chi connectivity index (χ2n) is 2.96. The molecule has 0 amide bonds. The van der Waals surface area contributed by atoms with Crippen LogP contribution in [-0.4, -0.2) is 26.4 Å².